The number of carboxylic acid groups (broad SMARTS) is 1. The van der Waals surface area contributed by atoms with Crippen LogP contribution in [0.4, 0.5) is 5.69 Å². The van der Waals surface area contributed by atoms with Crippen LogP contribution in [0.2, 0.25) is 10.0 Å². The number of amidine groups is 1. The molecule has 9 heteroatoms. The maximum atomic E-state index is 12.1. The highest BCUT2D eigenvalue weighted by Crippen LogP contribution is 2.34. The van der Waals surface area contributed by atoms with E-state index in [0.29, 0.717) is 31.6 Å². The maximum absolute atomic E-state index is 12.1. The molecule has 1 amide bonds. The third-order valence-electron chi connectivity index (χ3n) is 3.34. The van der Waals surface area contributed by atoms with E-state index in [-0.39, 0.29) is 5.91 Å². The Morgan fingerprint density at radius 1 is 1.22 bits per heavy atom. The fraction of sp³-hybridized carbons (Fsp3) is 0.0556. The molecule has 27 heavy (non-hydrogen) atoms. The van der Waals surface area contributed by atoms with Crippen LogP contribution < -0.4 is 10.1 Å². The van der Waals surface area contributed by atoms with Gasteiger partial charge in [0.15, 0.2) is 11.8 Å². The van der Waals surface area contributed by atoms with Crippen molar-refractivity contribution >= 4 is 63.8 Å². The zero-order valence-electron chi connectivity index (χ0n) is 13.6. The van der Waals surface area contributed by atoms with Gasteiger partial charge in [0.1, 0.15) is 5.75 Å². The number of aliphatic carboxylic acids is 1. The molecule has 0 aromatic heterocycles. The quantitative estimate of drug-likeness (QED) is 0.699. The highest BCUT2D eigenvalue weighted by atomic mass is 35.5. The Bertz CT molecular complexity index is 958. The molecule has 1 fully saturated rings. The number of ether oxygens (including phenoxy) is 1. The number of aliphatic imine (C=N–C) groups is 1. The lowest BCUT2D eigenvalue weighted by molar-refractivity contribution is -0.139. The number of nitrogens with zero attached hydrogens (tertiary/aromatic N) is 1. The zero-order valence-corrected chi connectivity index (χ0v) is 15.9. The number of thioether (sulfide) groups is 1. The lowest BCUT2D eigenvalue weighted by Gasteiger charge is -2.03. The van der Waals surface area contributed by atoms with E-state index in [1.807, 2.05) is 0 Å². The van der Waals surface area contributed by atoms with Crippen molar-refractivity contribution < 1.29 is 19.4 Å². The fourth-order valence-electron chi connectivity index (χ4n) is 2.13. The van der Waals surface area contributed by atoms with Crippen molar-refractivity contribution in [3.8, 4) is 5.75 Å². The molecular weight excluding hydrogens is 411 g/mol. The molecule has 1 aliphatic heterocycles. The van der Waals surface area contributed by atoms with Gasteiger partial charge in [0.2, 0.25) is 0 Å². The Kier molecular flexibility index (Phi) is 6.05. The van der Waals surface area contributed by atoms with Crippen LogP contribution in [0.1, 0.15) is 5.56 Å². The first-order valence-electron chi connectivity index (χ1n) is 7.60. The Hall–Kier alpha value is -2.48. The van der Waals surface area contributed by atoms with Crippen LogP contribution in [0.3, 0.4) is 0 Å². The number of halogens is 2. The molecular formula is C18H12Cl2N2O4S. The second-order valence-corrected chi connectivity index (χ2v) is 7.12. The van der Waals surface area contributed by atoms with Crippen LogP contribution in [0, 0.1) is 0 Å². The zero-order chi connectivity index (χ0) is 19.4. The smallest absolute Gasteiger partial charge is 0.341 e. The normalized spacial score (nSPS) is 16.6. The third kappa shape index (κ3) is 5.03. The molecule has 0 bridgehead atoms. The summed E-state index contributed by atoms with van der Waals surface area (Å²) in [4.78, 5) is 27.4. The van der Waals surface area contributed by atoms with Crippen LogP contribution in [0.5, 0.6) is 5.75 Å². The van der Waals surface area contributed by atoms with Crippen molar-refractivity contribution in [3.63, 3.8) is 0 Å². The van der Waals surface area contributed by atoms with Gasteiger partial charge in [-0.05, 0) is 47.7 Å². The Balaban J connectivity index is 1.74. The molecule has 0 spiro atoms. The molecule has 2 aromatic rings. The number of amides is 1. The van der Waals surface area contributed by atoms with Gasteiger partial charge < -0.3 is 15.2 Å². The molecule has 1 heterocycles. The molecule has 0 saturated carbocycles. The van der Waals surface area contributed by atoms with Crippen LogP contribution in [0.25, 0.3) is 6.08 Å². The standard InChI is InChI=1S/C18H12Cl2N2O4S/c19-12-2-1-3-13(16(12)20)21-18-22-17(25)14(27-18)8-10-4-6-11(7-5-10)26-9-15(23)24/h1-8H,9H2,(H,23,24)(H,21,22,25)/b14-8-. The first-order chi connectivity index (χ1) is 12.9. The fourth-order valence-corrected chi connectivity index (χ4v) is 3.30. The Morgan fingerprint density at radius 3 is 2.67 bits per heavy atom. The first-order valence-corrected chi connectivity index (χ1v) is 9.18. The number of rotatable bonds is 5. The van der Waals surface area contributed by atoms with Gasteiger partial charge in [-0.1, -0.05) is 41.4 Å². The van der Waals surface area contributed by atoms with Crippen molar-refractivity contribution in [2.24, 2.45) is 4.99 Å². The monoisotopic (exact) mass is 422 g/mol. The molecule has 138 valence electrons. The first kappa shape index (κ1) is 19.3. The van der Waals surface area contributed by atoms with Gasteiger partial charge in [-0.25, -0.2) is 9.79 Å². The predicted octanol–water partition coefficient (Wildman–Crippen LogP) is 4.35. The highest BCUT2D eigenvalue weighted by molar-refractivity contribution is 8.18. The van der Waals surface area contributed by atoms with E-state index in [1.54, 1.807) is 48.5 Å². The van der Waals surface area contributed by atoms with Crippen molar-refractivity contribution in [1.29, 1.82) is 0 Å². The minimum atomic E-state index is -1.05. The summed E-state index contributed by atoms with van der Waals surface area (Å²) in [6, 6.07) is 11.8. The molecule has 3 rings (SSSR count). The molecule has 1 aliphatic rings. The van der Waals surface area contributed by atoms with Gasteiger partial charge in [0.05, 0.1) is 20.6 Å². The minimum Gasteiger partial charge on any atom is -0.482 e. The van der Waals surface area contributed by atoms with E-state index in [1.165, 1.54) is 11.8 Å². The van der Waals surface area contributed by atoms with Crippen LogP contribution in [0.15, 0.2) is 52.4 Å². The van der Waals surface area contributed by atoms with Gasteiger partial charge in [0.25, 0.3) is 5.91 Å². The summed E-state index contributed by atoms with van der Waals surface area (Å²) >= 11 is 13.3. The molecule has 0 unspecified atom stereocenters. The second kappa shape index (κ2) is 8.47. The van der Waals surface area contributed by atoms with Gasteiger partial charge in [-0.3, -0.25) is 4.79 Å². The van der Waals surface area contributed by atoms with Crippen LogP contribution in [-0.4, -0.2) is 28.8 Å². The lowest BCUT2D eigenvalue weighted by Crippen LogP contribution is -2.19. The summed E-state index contributed by atoms with van der Waals surface area (Å²) in [7, 11) is 0. The summed E-state index contributed by atoms with van der Waals surface area (Å²) in [6.45, 7) is -0.412. The van der Waals surface area contributed by atoms with Gasteiger partial charge in [-0.2, -0.15) is 0 Å². The van der Waals surface area contributed by atoms with Crippen molar-refractivity contribution in [1.82, 2.24) is 5.32 Å². The van der Waals surface area contributed by atoms with E-state index >= 15 is 0 Å². The molecule has 1 saturated heterocycles. The van der Waals surface area contributed by atoms with Crippen LogP contribution in [-0.2, 0) is 9.59 Å². The summed E-state index contributed by atoms with van der Waals surface area (Å²) < 4.78 is 5.07. The highest BCUT2D eigenvalue weighted by Gasteiger charge is 2.24. The summed E-state index contributed by atoms with van der Waals surface area (Å²) in [5.41, 5.74) is 1.23. The molecule has 0 atom stereocenters. The summed E-state index contributed by atoms with van der Waals surface area (Å²) in [6.07, 6.45) is 1.70. The topological polar surface area (TPSA) is 88.0 Å². The van der Waals surface area contributed by atoms with E-state index in [4.69, 9.17) is 33.0 Å². The molecule has 0 radical (unpaired) electrons. The van der Waals surface area contributed by atoms with Crippen molar-refractivity contribution in [3.05, 3.63) is 63.0 Å². The van der Waals surface area contributed by atoms with Gasteiger partial charge >= 0.3 is 5.97 Å². The van der Waals surface area contributed by atoms with Crippen molar-refractivity contribution in [2.75, 3.05) is 6.61 Å². The summed E-state index contributed by atoms with van der Waals surface area (Å²) in [5.74, 6) is -0.893. The molecule has 6 nitrogen and oxygen atoms in total. The van der Waals surface area contributed by atoms with E-state index < -0.39 is 12.6 Å². The van der Waals surface area contributed by atoms with E-state index in [0.717, 1.165) is 5.56 Å². The van der Waals surface area contributed by atoms with Gasteiger partial charge in [0, 0.05) is 0 Å². The largest absolute Gasteiger partial charge is 0.482 e. The predicted molar refractivity (Wildman–Crippen MR) is 107 cm³/mol. The number of hydrogen-bond donors (Lipinski definition) is 2. The average Bonchev–Trinajstić information content (AvgIpc) is 2.97. The van der Waals surface area contributed by atoms with E-state index in [2.05, 4.69) is 10.3 Å². The van der Waals surface area contributed by atoms with E-state index in [9.17, 15) is 9.59 Å². The Labute approximate surface area is 168 Å². The lowest BCUT2D eigenvalue weighted by atomic mass is 10.2. The Morgan fingerprint density at radius 2 is 1.96 bits per heavy atom. The molecule has 0 aliphatic carbocycles. The minimum absolute atomic E-state index is 0.275. The number of carboxylic acids is 1. The third-order valence-corrected chi connectivity index (χ3v) is 5.06. The second-order valence-electron chi connectivity index (χ2n) is 5.31. The molecule has 2 N–H and O–H groups in total. The van der Waals surface area contributed by atoms with Crippen molar-refractivity contribution in [2.45, 2.75) is 0 Å². The number of benzene rings is 2. The summed E-state index contributed by atoms with van der Waals surface area (Å²) in [5, 5.41) is 12.4. The number of carbonyl (C=O) groups excluding carboxylic acids is 1. The van der Waals surface area contributed by atoms with Crippen LogP contribution >= 0.6 is 35.0 Å². The molecule has 2 aromatic carbocycles. The SMILES string of the molecule is O=C(O)COc1ccc(/C=C2\SC(=Nc3cccc(Cl)c3Cl)NC2=O)cc1. The number of nitrogens with one attached hydrogen (secondary N) is 1. The number of hydrogen-bond acceptors (Lipinski definition) is 5. The number of carbonyl (C=O) groups is 2. The average molecular weight is 423 g/mol. The maximum Gasteiger partial charge on any atom is 0.341 e. The van der Waals surface area contributed by atoms with Gasteiger partial charge in [-0.15, -0.1) is 0 Å².